The second-order valence-electron chi connectivity index (χ2n) is 3.67. The molecule has 0 aromatic rings. The lowest BCUT2D eigenvalue weighted by molar-refractivity contribution is 0.484. The van der Waals surface area contributed by atoms with Crippen LogP contribution in [0.25, 0.3) is 0 Å². The van der Waals surface area contributed by atoms with Crippen molar-refractivity contribution in [3.8, 4) is 0 Å². The van der Waals surface area contributed by atoms with E-state index in [9.17, 15) is 0 Å². The highest BCUT2D eigenvalue weighted by Crippen LogP contribution is 2.37. The third kappa shape index (κ3) is 1.74. The Morgan fingerprint density at radius 2 is 1.70 bits per heavy atom. The van der Waals surface area contributed by atoms with Crippen LogP contribution in [-0.4, -0.2) is 0 Å². The fraction of sp³-hybridized carbons (Fsp3) is 0.800. The zero-order valence-electron chi connectivity index (χ0n) is 7.41. The largest absolute Gasteiger partial charge is 0.0622 e. The van der Waals surface area contributed by atoms with Crippen LogP contribution in [-0.2, 0) is 0 Å². The molecule has 0 aromatic carbocycles. The molecule has 0 saturated heterocycles. The Hall–Kier alpha value is 0. The lowest BCUT2D eigenvalue weighted by Gasteiger charge is -2.30. The van der Waals surface area contributed by atoms with E-state index in [1.165, 1.54) is 25.7 Å². The van der Waals surface area contributed by atoms with E-state index in [1.54, 1.807) is 11.8 Å². The Balaban J connectivity index is 2.40. The molecule has 0 aliphatic heterocycles. The zero-order chi connectivity index (χ0) is 7.56. The van der Waals surface area contributed by atoms with Crippen molar-refractivity contribution in [1.82, 2.24) is 0 Å². The van der Waals surface area contributed by atoms with Gasteiger partial charge >= 0.3 is 0 Å². The third-order valence-electron chi connectivity index (χ3n) is 2.49. The summed E-state index contributed by atoms with van der Waals surface area (Å²) in [5, 5.41) is 0. The van der Waals surface area contributed by atoms with Gasteiger partial charge in [-0.15, -0.1) is 0 Å². The molecule has 1 saturated carbocycles. The number of hydrogen-bond acceptors (Lipinski definition) is 0. The molecule has 0 nitrogen and oxygen atoms in total. The molecule has 0 aromatic heterocycles. The van der Waals surface area contributed by atoms with Crippen molar-refractivity contribution in [2.24, 2.45) is 5.92 Å². The maximum atomic E-state index is 2.31. The van der Waals surface area contributed by atoms with Gasteiger partial charge in [-0.05, 0) is 30.6 Å². The second-order valence-corrected chi connectivity index (χ2v) is 3.67. The van der Waals surface area contributed by atoms with Crippen molar-refractivity contribution in [2.75, 3.05) is 0 Å². The molecular formula is C10H18. The Kier molecular flexibility index (Phi) is 2.76. The van der Waals surface area contributed by atoms with Crippen LogP contribution in [0.1, 0.15) is 46.5 Å². The summed E-state index contributed by atoms with van der Waals surface area (Å²) in [6, 6.07) is 0. The van der Waals surface area contributed by atoms with E-state index in [0.717, 1.165) is 5.92 Å². The minimum absolute atomic E-state index is 0.792. The molecule has 2 radical (unpaired) electrons. The van der Waals surface area contributed by atoms with Crippen molar-refractivity contribution < 1.29 is 0 Å². The van der Waals surface area contributed by atoms with Gasteiger partial charge in [-0.2, -0.15) is 0 Å². The Morgan fingerprint density at radius 3 is 2.10 bits per heavy atom. The maximum Gasteiger partial charge on any atom is -0.0151 e. The Bertz CT molecular complexity index is 94.2. The van der Waals surface area contributed by atoms with Gasteiger partial charge in [-0.1, -0.05) is 33.6 Å². The summed E-state index contributed by atoms with van der Waals surface area (Å²) in [6.07, 6.45) is 5.56. The second kappa shape index (κ2) is 3.41. The van der Waals surface area contributed by atoms with E-state index in [0.29, 0.717) is 0 Å². The van der Waals surface area contributed by atoms with Crippen LogP contribution in [0.2, 0.25) is 0 Å². The summed E-state index contributed by atoms with van der Waals surface area (Å²) in [5.74, 6) is 4.19. The van der Waals surface area contributed by atoms with Gasteiger partial charge < -0.3 is 0 Å². The van der Waals surface area contributed by atoms with E-state index in [2.05, 4.69) is 20.8 Å². The summed E-state index contributed by atoms with van der Waals surface area (Å²) < 4.78 is 0. The van der Waals surface area contributed by atoms with Crippen LogP contribution in [0.3, 0.4) is 0 Å². The van der Waals surface area contributed by atoms with Crippen LogP contribution in [0.15, 0.2) is 0 Å². The minimum Gasteiger partial charge on any atom is -0.0622 e. The predicted octanol–water partition coefficient (Wildman–Crippen LogP) is 3.39. The fourth-order valence-electron chi connectivity index (χ4n) is 1.86. The normalized spacial score (nSPS) is 24.0. The molecule has 0 N–H and O–H groups in total. The molecule has 0 amide bonds. The molecule has 1 rings (SSSR count). The standard InChI is InChI=1S/C10H18/c1-8(2)10-7-5-4-6-9(10)3/h8H,4-7H2,1-3H3. The van der Waals surface area contributed by atoms with Gasteiger partial charge in [0.1, 0.15) is 0 Å². The monoisotopic (exact) mass is 138 g/mol. The SMILES string of the molecule is C[C]1CCCC[C]1C(C)C. The summed E-state index contributed by atoms with van der Waals surface area (Å²) in [5.41, 5.74) is 0. The number of rotatable bonds is 1. The van der Waals surface area contributed by atoms with Crippen LogP contribution >= 0.6 is 0 Å². The average molecular weight is 138 g/mol. The molecule has 1 aliphatic rings. The summed E-state index contributed by atoms with van der Waals surface area (Å²) >= 11 is 0. The van der Waals surface area contributed by atoms with E-state index in [-0.39, 0.29) is 0 Å². The first-order chi connectivity index (χ1) is 4.72. The highest BCUT2D eigenvalue weighted by Gasteiger charge is 2.24. The minimum atomic E-state index is 0.792. The van der Waals surface area contributed by atoms with Gasteiger partial charge in [-0.25, -0.2) is 0 Å². The topological polar surface area (TPSA) is 0 Å². The molecule has 0 spiro atoms. The molecular weight excluding hydrogens is 120 g/mol. The highest BCUT2D eigenvalue weighted by molar-refractivity contribution is 5.17. The maximum absolute atomic E-state index is 2.31. The van der Waals surface area contributed by atoms with Gasteiger partial charge in [0.15, 0.2) is 0 Å². The molecule has 58 valence electrons. The Labute approximate surface area is 65.0 Å². The molecule has 0 unspecified atom stereocenters. The van der Waals surface area contributed by atoms with Crippen molar-refractivity contribution >= 4 is 0 Å². The average Bonchev–Trinajstić information content (AvgIpc) is 1.88. The Morgan fingerprint density at radius 1 is 1.10 bits per heavy atom. The fourth-order valence-corrected chi connectivity index (χ4v) is 1.86. The third-order valence-corrected chi connectivity index (χ3v) is 2.49. The van der Waals surface area contributed by atoms with Crippen molar-refractivity contribution in [3.63, 3.8) is 0 Å². The quantitative estimate of drug-likeness (QED) is 0.521. The predicted molar refractivity (Wildman–Crippen MR) is 45.5 cm³/mol. The van der Waals surface area contributed by atoms with Crippen LogP contribution in [0, 0.1) is 17.8 Å². The van der Waals surface area contributed by atoms with Crippen LogP contribution < -0.4 is 0 Å². The number of hydrogen-bond donors (Lipinski definition) is 0. The van der Waals surface area contributed by atoms with Crippen molar-refractivity contribution in [1.29, 1.82) is 0 Å². The molecule has 10 heavy (non-hydrogen) atoms. The van der Waals surface area contributed by atoms with Crippen LogP contribution in [0.5, 0.6) is 0 Å². The van der Waals surface area contributed by atoms with Gasteiger partial charge in [0.05, 0.1) is 0 Å². The summed E-state index contributed by atoms with van der Waals surface area (Å²) in [6.45, 7) is 6.92. The summed E-state index contributed by atoms with van der Waals surface area (Å²) in [7, 11) is 0. The summed E-state index contributed by atoms with van der Waals surface area (Å²) in [4.78, 5) is 0. The van der Waals surface area contributed by atoms with Gasteiger partial charge in [0.25, 0.3) is 0 Å². The van der Waals surface area contributed by atoms with E-state index >= 15 is 0 Å². The molecule has 1 fully saturated rings. The first kappa shape index (κ1) is 8.10. The van der Waals surface area contributed by atoms with E-state index in [1.807, 2.05) is 0 Å². The first-order valence-electron chi connectivity index (χ1n) is 4.40. The van der Waals surface area contributed by atoms with E-state index in [4.69, 9.17) is 0 Å². The molecule has 0 bridgehead atoms. The first-order valence-corrected chi connectivity index (χ1v) is 4.40. The zero-order valence-corrected chi connectivity index (χ0v) is 7.41. The van der Waals surface area contributed by atoms with Gasteiger partial charge in [0.2, 0.25) is 0 Å². The smallest absolute Gasteiger partial charge is 0.0151 e. The lowest BCUT2D eigenvalue weighted by Crippen LogP contribution is -2.17. The van der Waals surface area contributed by atoms with Gasteiger partial charge in [0, 0.05) is 0 Å². The molecule has 0 atom stereocenters. The molecule has 1 aliphatic carbocycles. The van der Waals surface area contributed by atoms with Crippen LogP contribution in [0.4, 0.5) is 0 Å². The highest BCUT2D eigenvalue weighted by atomic mass is 14.3. The van der Waals surface area contributed by atoms with Gasteiger partial charge in [-0.3, -0.25) is 0 Å². The van der Waals surface area contributed by atoms with Crippen molar-refractivity contribution in [3.05, 3.63) is 11.8 Å². The van der Waals surface area contributed by atoms with E-state index < -0.39 is 0 Å². The molecule has 0 heterocycles. The lowest BCUT2D eigenvalue weighted by atomic mass is 9.75. The van der Waals surface area contributed by atoms with Crippen molar-refractivity contribution in [2.45, 2.75) is 46.5 Å². The molecule has 0 heteroatoms.